The fraction of sp³-hybridized carbons (Fsp3) is 0.111. The smallest absolute Gasteiger partial charge is 0.112 e. The highest BCUT2D eigenvalue weighted by Gasteiger charge is 1.91. The Bertz CT molecular complexity index is 256. The molecule has 0 aliphatic carbocycles. The van der Waals surface area contributed by atoms with Crippen LogP contribution in [0.25, 0.3) is 5.70 Å². The molecule has 0 saturated heterocycles. The summed E-state index contributed by atoms with van der Waals surface area (Å²) in [6, 6.07) is 9.57. The van der Waals surface area contributed by atoms with Gasteiger partial charge in [0.15, 0.2) is 0 Å². The molecule has 0 heterocycles. The maximum Gasteiger partial charge on any atom is 0.112 e. The molecule has 0 bridgehead atoms. The average Bonchev–Trinajstić information content (AvgIpc) is 2.15. The lowest BCUT2D eigenvalue weighted by Crippen LogP contribution is -2.09. The summed E-state index contributed by atoms with van der Waals surface area (Å²) in [6.07, 6.45) is 1.58. The van der Waals surface area contributed by atoms with Crippen molar-refractivity contribution in [3.8, 4) is 0 Å². The normalized spacial score (nSPS) is 11.2. The second-order valence-corrected chi connectivity index (χ2v) is 2.33. The van der Waals surface area contributed by atoms with Crippen LogP contribution in [0.3, 0.4) is 0 Å². The van der Waals surface area contributed by atoms with Gasteiger partial charge in [-0.3, -0.25) is 0 Å². The molecule has 0 spiro atoms. The van der Waals surface area contributed by atoms with E-state index in [1.54, 1.807) is 6.20 Å². The summed E-state index contributed by atoms with van der Waals surface area (Å²) in [6.45, 7) is -0.104. The fourth-order valence-electron chi connectivity index (χ4n) is 0.870. The Morgan fingerprint density at radius 2 is 2.08 bits per heavy atom. The molecule has 0 aromatic heterocycles. The quantitative estimate of drug-likeness (QED) is 0.569. The molecule has 0 saturated carbocycles. The van der Waals surface area contributed by atoms with Gasteiger partial charge in [0.05, 0.1) is 5.70 Å². The topological polar surface area (TPSA) is 58.3 Å². The third-order valence-electron chi connectivity index (χ3n) is 1.46. The van der Waals surface area contributed by atoms with E-state index in [2.05, 4.69) is 5.32 Å². The minimum atomic E-state index is -0.104. The Labute approximate surface area is 71.5 Å². The first kappa shape index (κ1) is 8.62. The van der Waals surface area contributed by atoms with Crippen molar-refractivity contribution in [1.29, 1.82) is 0 Å². The van der Waals surface area contributed by atoms with Crippen molar-refractivity contribution in [2.24, 2.45) is 5.73 Å². The van der Waals surface area contributed by atoms with Crippen LogP contribution in [-0.4, -0.2) is 11.8 Å². The van der Waals surface area contributed by atoms with E-state index in [9.17, 15) is 0 Å². The van der Waals surface area contributed by atoms with Crippen LogP contribution in [0.2, 0.25) is 0 Å². The van der Waals surface area contributed by atoms with Crippen molar-refractivity contribution in [2.45, 2.75) is 0 Å². The van der Waals surface area contributed by atoms with Crippen LogP contribution in [0, 0.1) is 0 Å². The molecule has 0 radical (unpaired) electrons. The van der Waals surface area contributed by atoms with Gasteiger partial charge in [-0.25, -0.2) is 0 Å². The molecule has 1 rings (SSSR count). The first-order valence-corrected chi connectivity index (χ1v) is 3.70. The van der Waals surface area contributed by atoms with Crippen molar-refractivity contribution in [3.05, 3.63) is 42.1 Å². The summed E-state index contributed by atoms with van der Waals surface area (Å²) >= 11 is 0. The van der Waals surface area contributed by atoms with Gasteiger partial charge in [0.25, 0.3) is 0 Å². The Kier molecular flexibility index (Phi) is 3.17. The minimum Gasteiger partial charge on any atom is -0.397 e. The standard InChI is InChI=1S/C9H12N2O/c10-9(6-11-7-12)8-4-2-1-3-5-8/h1-6,11-12H,7,10H2/b9-6+. The lowest BCUT2D eigenvalue weighted by Gasteiger charge is -2.00. The van der Waals surface area contributed by atoms with Gasteiger partial charge >= 0.3 is 0 Å². The maximum absolute atomic E-state index is 8.45. The first-order valence-electron chi connectivity index (χ1n) is 3.70. The number of benzene rings is 1. The Morgan fingerprint density at radius 1 is 1.42 bits per heavy atom. The molecule has 0 unspecified atom stereocenters. The number of hydrogen-bond acceptors (Lipinski definition) is 3. The molecule has 1 aromatic rings. The van der Waals surface area contributed by atoms with E-state index < -0.39 is 0 Å². The largest absolute Gasteiger partial charge is 0.397 e. The van der Waals surface area contributed by atoms with E-state index in [4.69, 9.17) is 10.8 Å². The maximum atomic E-state index is 8.45. The molecular formula is C9H12N2O. The van der Waals surface area contributed by atoms with E-state index in [0.29, 0.717) is 5.70 Å². The van der Waals surface area contributed by atoms with Gasteiger partial charge in [-0.1, -0.05) is 30.3 Å². The van der Waals surface area contributed by atoms with Crippen molar-refractivity contribution >= 4 is 5.70 Å². The van der Waals surface area contributed by atoms with Crippen LogP contribution >= 0.6 is 0 Å². The van der Waals surface area contributed by atoms with Gasteiger partial charge in [-0.15, -0.1) is 0 Å². The van der Waals surface area contributed by atoms with Gasteiger partial charge in [0.1, 0.15) is 6.73 Å². The molecule has 0 fully saturated rings. The summed E-state index contributed by atoms with van der Waals surface area (Å²) in [5.41, 5.74) is 7.23. The summed E-state index contributed by atoms with van der Waals surface area (Å²) in [7, 11) is 0. The third kappa shape index (κ3) is 2.29. The number of hydrogen-bond donors (Lipinski definition) is 3. The zero-order valence-electron chi connectivity index (χ0n) is 6.70. The second-order valence-electron chi connectivity index (χ2n) is 2.33. The molecular weight excluding hydrogens is 152 g/mol. The summed E-state index contributed by atoms with van der Waals surface area (Å²) in [5.74, 6) is 0. The highest BCUT2D eigenvalue weighted by atomic mass is 16.3. The van der Waals surface area contributed by atoms with E-state index in [0.717, 1.165) is 5.56 Å². The monoisotopic (exact) mass is 164 g/mol. The van der Waals surface area contributed by atoms with Crippen molar-refractivity contribution in [3.63, 3.8) is 0 Å². The second kappa shape index (κ2) is 4.41. The lowest BCUT2D eigenvalue weighted by atomic mass is 10.2. The van der Waals surface area contributed by atoms with Crippen LogP contribution in [0.5, 0.6) is 0 Å². The predicted octanol–water partition coefficient (Wildman–Crippen LogP) is 0.483. The molecule has 1 aromatic carbocycles. The number of rotatable bonds is 3. The van der Waals surface area contributed by atoms with Gasteiger partial charge in [0, 0.05) is 6.20 Å². The summed E-state index contributed by atoms with van der Waals surface area (Å²) in [4.78, 5) is 0. The van der Waals surface area contributed by atoms with Gasteiger partial charge < -0.3 is 16.2 Å². The molecule has 4 N–H and O–H groups in total. The molecule has 3 heteroatoms. The summed E-state index contributed by atoms with van der Waals surface area (Å²) in [5, 5.41) is 11.1. The van der Waals surface area contributed by atoms with E-state index in [1.807, 2.05) is 30.3 Å². The number of aliphatic hydroxyl groups excluding tert-OH is 1. The van der Waals surface area contributed by atoms with Crippen molar-refractivity contribution in [1.82, 2.24) is 5.32 Å². The fourth-order valence-corrected chi connectivity index (χ4v) is 0.870. The number of aliphatic hydroxyl groups is 1. The van der Waals surface area contributed by atoms with Crippen LogP contribution in [0.15, 0.2) is 36.5 Å². The van der Waals surface area contributed by atoms with Crippen LogP contribution < -0.4 is 11.1 Å². The van der Waals surface area contributed by atoms with E-state index in [-0.39, 0.29) is 6.73 Å². The van der Waals surface area contributed by atoms with E-state index >= 15 is 0 Å². The molecule has 3 nitrogen and oxygen atoms in total. The van der Waals surface area contributed by atoms with Gasteiger partial charge in [0.2, 0.25) is 0 Å². The third-order valence-corrected chi connectivity index (χ3v) is 1.46. The van der Waals surface area contributed by atoms with E-state index in [1.165, 1.54) is 0 Å². The SMILES string of the molecule is N/C(=C/NCO)c1ccccc1. The Morgan fingerprint density at radius 3 is 2.67 bits per heavy atom. The van der Waals surface area contributed by atoms with Crippen molar-refractivity contribution < 1.29 is 5.11 Å². The van der Waals surface area contributed by atoms with Gasteiger partial charge in [-0.2, -0.15) is 0 Å². The Balaban J connectivity index is 2.71. The predicted molar refractivity (Wildman–Crippen MR) is 48.8 cm³/mol. The molecule has 12 heavy (non-hydrogen) atoms. The lowest BCUT2D eigenvalue weighted by molar-refractivity contribution is 0.280. The average molecular weight is 164 g/mol. The first-order chi connectivity index (χ1) is 5.84. The highest BCUT2D eigenvalue weighted by Crippen LogP contribution is 2.05. The van der Waals surface area contributed by atoms with Crippen molar-refractivity contribution in [2.75, 3.05) is 6.73 Å². The molecule has 0 atom stereocenters. The minimum absolute atomic E-state index is 0.104. The zero-order valence-corrected chi connectivity index (χ0v) is 6.70. The number of nitrogens with two attached hydrogens (primary N) is 1. The molecule has 0 amide bonds. The number of nitrogens with one attached hydrogen (secondary N) is 1. The van der Waals surface area contributed by atoms with Gasteiger partial charge in [-0.05, 0) is 5.56 Å². The van der Waals surface area contributed by atoms with Crippen LogP contribution in [0.1, 0.15) is 5.56 Å². The highest BCUT2D eigenvalue weighted by molar-refractivity contribution is 5.61. The molecule has 0 aliphatic rings. The zero-order chi connectivity index (χ0) is 8.81. The Hall–Kier alpha value is -1.48. The molecule has 0 aliphatic heterocycles. The van der Waals surface area contributed by atoms with Crippen LogP contribution in [-0.2, 0) is 0 Å². The molecule has 64 valence electrons. The summed E-state index contributed by atoms with van der Waals surface area (Å²) < 4.78 is 0. The van der Waals surface area contributed by atoms with Crippen LogP contribution in [0.4, 0.5) is 0 Å².